The van der Waals surface area contributed by atoms with E-state index >= 15 is 0 Å². The Morgan fingerprint density at radius 3 is 2.31 bits per heavy atom. The van der Waals surface area contributed by atoms with Crippen LogP contribution in [0.1, 0.15) is 40.0 Å². The summed E-state index contributed by atoms with van der Waals surface area (Å²) in [6.45, 7) is 6.12. The number of carbonyl (C=O) groups excluding carboxylic acids is 1. The normalized spacial score (nSPS) is 13.2. The molecule has 0 unspecified atom stereocenters. The number of nitrogens with one attached hydrogen (secondary N) is 1. The number of carbonyl (C=O) groups is 2. The predicted molar refractivity (Wildman–Crippen MR) is 61.9 cm³/mol. The first-order chi connectivity index (χ1) is 7.25. The molecule has 0 aliphatic heterocycles. The highest BCUT2D eigenvalue weighted by atomic mass is 16.4. The van der Waals surface area contributed by atoms with Crippen molar-refractivity contribution in [2.45, 2.75) is 46.1 Å². The summed E-state index contributed by atoms with van der Waals surface area (Å²) in [5, 5.41) is 11.3. The zero-order valence-electron chi connectivity index (χ0n) is 10.2. The molecule has 1 atom stereocenters. The van der Waals surface area contributed by atoms with Crippen LogP contribution in [0.15, 0.2) is 0 Å². The number of hydrogen-bond donors (Lipinski definition) is 3. The Labute approximate surface area is 96.4 Å². The van der Waals surface area contributed by atoms with Crippen molar-refractivity contribution in [3.8, 4) is 0 Å². The number of aliphatic carboxylic acids is 1. The number of amides is 1. The van der Waals surface area contributed by atoms with E-state index < -0.39 is 12.0 Å². The van der Waals surface area contributed by atoms with Crippen LogP contribution in [0.3, 0.4) is 0 Å². The molecule has 0 rings (SSSR count). The molecule has 16 heavy (non-hydrogen) atoms. The minimum Gasteiger partial charge on any atom is -0.480 e. The van der Waals surface area contributed by atoms with Gasteiger partial charge in [0.15, 0.2) is 0 Å². The smallest absolute Gasteiger partial charge is 0.320 e. The van der Waals surface area contributed by atoms with Gasteiger partial charge in [-0.2, -0.15) is 0 Å². The third-order valence-corrected chi connectivity index (χ3v) is 2.23. The molecule has 0 bridgehead atoms. The van der Waals surface area contributed by atoms with Gasteiger partial charge < -0.3 is 16.2 Å². The van der Waals surface area contributed by atoms with Gasteiger partial charge in [0.1, 0.15) is 6.04 Å². The van der Waals surface area contributed by atoms with Gasteiger partial charge in [-0.1, -0.05) is 20.8 Å². The van der Waals surface area contributed by atoms with Crippen LogP contribution < -0.4 is 11.1 Å². The van der Waals surface area contributed by atoms with Gasteiger partial charge in [-0.3, -0.25) is 9.59 Å². The molecule has 5 nitrogen and oxygen atoms in total. The average Bonchev–Trinajstić information content (AvgIpc) is 2.14. The fourth-order valence-electron chi connectivity index (χ4n) is 1.08. The van der Waals surface area contributed by atoms with Crippen molar-refractivity contribution in [3.63, 3.8) is 0 Å². The first-order valence-corrected chi connectivity index (χ1v) is 5.52. The maximum atomic E-state index is 11.4. The first kappa shape index (κ1) is 14.9. The molecule has 0 spiro atoms. The zero-order chi connectivity index (χ0) is 12.8. The van der Waals surface area contributed by atoms with E-state index in [9.17, 15) is 9.59 Å². The van der Waals surface area contributed by atoms with E-state index in [1.54, 1.807) is 0 Å². The summed E-state index contributed by atoms with van der Waals surface area (Å²) in [6.07, 6.45) is 1.90. The van der Waals surface area contributed by atoms with E-state index in [0.29, 0.717) is 19.4 Å². The van der Waals surface area contributed by atoms with Gasteiger partial charge in [0.25, 0.3) is 0 Å². The van der Waals surface area contributed by atoms with Gasteiger partial charge in [0, 0.05) is 12.0 Å². The lowest BCUT2D eigenvalue weighted by Gasteiger charge is -2.17. The third kappa shape index (κ3) is 6.40. The highest BCUT2D eigenvalue weighted by Crippen LogP contribution is 2.12. The van der Waals surface area contributed by atoms with Crippen LogP contribution in [0, 0.1) is 5.41 Å². The molecule has 0 radical (unpaired) electrons. The molecule has 5 heteroatoms. The van der Waals surface area contributed by atoms with Gasteiger partial charge >= 0.3 is 5.97 Å². The van der Waals surface area contributed by atoms with E-state index in [-0.39, 0.29) is 11.3 Å². The summed E-state index contributed by atoms with van der Waals surface area (Å²) >= 11 is 0. The van der Waals surface area contributed by atoms with Crippen molar-refractivity contribution in [3.05, 3.63) is 0 Å². The Kier molecular flexibility index (Phi) is 6.03. The van der Waals surface area contributed by atoms with Crippen LogP contribution in [0.4, 0.5) is 0 Å². The Morgan fingerprint density at radius 2 is 1.88 bits per heavy atom. The molecule has 0 aliphatic carbocycles. The molecule has 0 aromatic heterocycles. The Morgan fingerprint density at radius 1 is 1.31 bits per heavy atom. The third-order valence-electron chi connectivity index (χ3n) is 2.23. The van der Waals surface area contributed by atoms with Crippen LogP contribution >= 0.6 is 0 Å². The minimum atomic E-state index is -0.973. The lowest BCUT2D eigenvalue weighted by atomic mass is 9.96. The lowest BCUT2D eigenvalue weighted by Crippen LogP contribution is -2.35. The molecule has 1 amide bonds. The summed E-state index contributed by atoms with van der Waals surface area (Å²) in [4.78, 5) is 21.8. The molecule has 0 aromatic carbocycles. The standard InChI is InChI=1S/C11H22N2O3/c1-11(2,3)10(16)13-7-5-4-6-8(12)9(14)15/h8H,4-7,12H2,1-3H3,(H,13,16)(H,14,15)/t8-/m0/s1. The molecule has 0 fully saturated rings. The van der Waals surface area contributed by atoms with Crippen molar-refractivity contribution in [1.82, 2.24) is 5.32 Å². The number of rotatable bonds is 6. The largest absolute Gasteiger partial charge is 0.480 e. The highest BCUT2D eigenvalue weighted by Gasteiger charge is 2.20. The molecule has 94 valence electrons. The fourth-order valence-corrected chi connectivity index (χ4v) is 1.08. The number of carboxylic acids is 1. The predicted octanol–water partition coefficient (Wildman–Crippen LogP) is 0.731. The number of hydrogen-bond acceptors (Lipinski definition) is 3. The summed E-state index contributed by atoms with van der Waals surface area (Å²) in [7, 11) is 0. The maximum absolute atomic E-state index is 11.4. The summed E-state index contributed by atoms with van der Waals surface area (Å²) < 4.78 is 0. The van der Waals surface area contributed by atoms with Crippen LogP contribution in [0.2, 0.25) is 0 Å². The number of unbranched alkanes of at least 4 members (excludes halogenated alkanes) is 1. The molecule has 0 aromatic rings. The second kappa shape index (κ2) is 6.48. The zero-order valence-corrected chi connectivity index (χ0v) is 10.2. The van der Waals surface area contributed by atoms with Gasteiger partial charge in [-0.15, -0.1) is 0 Å². The van der Waals surface area contributed by atoms with E-state index in [1.807, 2.05) is 20.8 Å². The summed E-state index contributed by atoms with van der Waals surface area (Å²) in [5.41, 5.74) is 4.96. The van der Waals surface area contributed by atoms with Gasteiger partial charge in [-0.05, 0) is 19.3 Å². The second-order valence-corrected chi connectivity index (χ2v) is 4.95. The topological polar surface area (TPSA) is 92.4 Å². The quantitative estimate of drug-likeness (QED) is 0.586. The molecule has 0 saturated heterocycles. The van der Waals surface area contributed by atoms with Gasteiger partial charge in [0.05, 0.1) is 0 Å². The SMILES string of the molecule is CC(C)(C)C(=O)NCCCC[C@H](N)C(=O)O. The Hall–Kier alpha value is -1.10. The molecular weight excluding hydrogens is 208 g/mol. The Balaban J connectivity index is 3.55. The Bertz CT molecular complexity index is 246. The molecule has 0 heterocycles. The van der Waals surface area contributed by atoms with Crippen LogP contribution in [-0.2, 0) is 9.59 Å². The van der Waals surface area contributed by atoms with Crippen molar-refractivity contribution in [2.75, 3.05) is 6.54 Å². The molecule has 0 aliphatic rings. The van der Waals surface area contributed by atoms with Crippen molar-refractivity contribution >= 4 is 11.9 Å². The van der Waals surface area contributed by atoms with Crippen molar-refractivity contribution in [2.24, 2.45) is 11.1 Å². The van der Waals surface area contributed by atoms with Crippen molar-refractivity contribution < 1.29 is 14.7 Å². The number of carboxylic acid groups (broad SMARTS) is 1. The maximum Gasteiger partial charge on any atom is 0.320 e. The minimum absolute atomic E-state index is 0.00929. The molecule has 0 saturated carbocycles. The highest BCUT2D eigenvalue weighted by molar-refractivity contribution is 5.81. The number of nitrogens with two attached hydrogens (primary N) is 1. The second-order valence-electron chi connectivity index (χ2n) is 4.95. The monoisotopic (exact) mass is 230 g/mol. The van der Waals surface area contributed by atoms with E-state index in [0.717, 1.165) is 6.42 Å². The summed E-state index contributed by atoms with van der Waals surface area (Å²) in [5.74, 6) is -0.964. The van der Waals surface area contributed by atoms with Gasteiger partial charge in [0.2, 0.25) is 5.91 Å². The van der Waals surface area contributed by atoms with Crippen LogP contribution in [0.5, 0.6) is 0 Å². The average molecular weight is 230 g/mol. The van der Waals surface area contributed by atoms with Gasteiger partial charge in [-0.25, -0.2) is 0 Å². The fraction of sp³-hybridized carbons (Fsp3) is 0.818. The lowest BCUT2D eigenvalue weighted by molar-refractivity contribution is -0.138. The van der Waals surface area contributed by atoms with Crippen LogP contribution in [0.25, 0.3) is 0 Å². The van der Waals surface area contributed by atoms with E-state index in [1.165, 1.54) is 0 Å². The van der Waals surface area contributed by atoms with Crippen molar-refractivity contribution in [1.29, 1.82) is 0 Å². The molecular formula is C11H22N2O3. The summed E-state index contributed by atoms with van der Waals surface area (Å²) in [6, 6.07) is -0.793. The van der Waals surface area contributed by atoms with Crippen LogP contribution in [-0.4, -0.2) is 29.6 Å². The molecule has 4 N–H and O–H groups in total. The first-order valence-electron chi connectivity index (χ1n) is 5.52. The van der Waals surface area contributed by atoms with E-state index in [4.69, 9.17) is 10.8 Å². The van der Waals surface area contributed by atoms with E-state index in [2.05, 4.69) is 5.32 Å².